The SMILES string of the molecule is O=C(O)c1ccc(CC[P+](c2ccccc2)(c2ccccc2)c2ccccc2)cc1.[Br-]. The summed E-state index contributed by atoms with van der Waals surface area (Å²) in [6.07, 6.45) is 1.86. The minimum Gasteiger partial charge on any atom is -1.00 e. The van der Waals surface area contributed by atoms with Gasteiger partial charge in [-0.1, -0.05) is 66.7 Å². The highest BCUT2D eigenvalue weighted by Gasteiger charge is 2.44. The van der Waals surface area contributed by atoms with E-state index in [1.165, 1.54) is 15.9 Å². The number of halogens is 1. The number of rotatable bonds is 7. The van der Waals surface area contributed by atoms with Gasteiger partial charge in [-0.25, -0.2) is 4.79 Å². The first kappa shape index (κ1) is 22.9. The van der Waals surface area contributed by atoms with E-state index >= 15 is 0 Å². The molecule has 0 aliphatic rings. The smallest absolute Gasteiger partial charge is 0.335 e. The summed E-state index contributed by atoms with van der Waals surface area (Å²) in [6.45, 7) is 0. The van der Waals surface area contributed by atoms with Crippen molar-refractivity contribution in [2.75, 3.05) is 6.16 Å². The van der Waals surface area contributed by atoms with E-state index in [1.807, 2.05) is 12.1 Å². The molecule has 31 heavy (non-hydrogen) atoms. The van der Waals surface area contributed by atoms with Gasteiger partial charge in [0.25, 0.3) is 0 Å². The quantitative estimate of drug-likeness (QED) is 0.402. The van der Waals surface area contributed by atoms with Crippen LogP contribution in [0.2, 0.25) is 0 Å². The van der Waals surface area contributed by atoms with Gasteiger partial charge in [-0.15, -0.1) is 0 Å². The van der Waals surface area contributed by atoms with Crippen LogP contribution >= 0.6 is 7.26 Å². The molecule has 0 atom stereocenters. The van der Waals surface area contributed by atoms with Crippen molar-refractivity contribution in [3.8, 4) is 0 Å². The van der Waals surface area contributed by atoms with Crippen LogP contribution in [0.1, 0.15) is 15.9 Å². The molecular formula is C27H24BrO2P. The molecule has 0 aliphatic heterocycles. The first-order valence-electron chi connectivity index (χ1n) is 10.1. The molecule has 0 saturated heterocycles. The van der Waals surface area contributed by atoms with Crippen LogP contribution in [0.3, 0.4) is 0 Å². The predicted octanol–water partition coefficient (Wildman–Crippen LogP) is 1.93. The average molecular weight is 491 g/mol. The maximum Gasteiger partial charge on any atom is 0.335 e. The van der Waals surface area contributed by atoms with Gasteiger partial charge >= 0.3 is 5.97 Å². The topological polar surface area (TPSA) is 37.3 Å². The monoisotopic (exact) mass is 490 g/mol. The summed E-state index contributed by atoms with van der Waals surface area (Å²) in [4.78, 5) is 11.2. The molecule has 0 amide bonds. The number of benzene rings is 4. The van der Waals surface area contributed by atoms with Gasteiger partial charge in [-0.05, 0) is 54.1 Å². The van der Waals surface area contributed by atoms with E-state index in [1.54, 1.807) is 12.1 Å². The van der Waals surface area contributed by atoms with Gasteiger partial charge in [0.1, 0.15) is 23.2 Å². The molecule has 4 heteroatoms. The van der Waals surface area contributed by atoms with Crippen LogP contribution in [0.5, 0.6) is 0 Å². The predicted molar refractivity (Wildman–Crippen MR) is 127 cm³/mol. The largest absolute Gasteiger partial charge is 1.00 e. The zero-order valence-electron chi connectivity index (χ0n) is 17.1. The highest BCUT2D eigenvalue weighted by molar-refractivity contribution is 7.95. The molecule has 2 nitrogen and oxygen atoms in total. The molecular weight excluding hydrogens is 467 g/mol. The van der Waals surface area contributed by atoms with Gasteiger partial charge in [0.15, 0.2) is 0 Å². The maximum absolute atomic E-state index is 11.2. The summed E-state index contributed by atoms with van der Waals surface area (Å²) in [5.41, 5.74) is 1.49. The van der Waals surface area contributed by atoms with Gasteiger partial charge in [0.05, 0.1) is 11.7 Å². The van der Waals surface area contributed by atoms with Crippen molar-refractivity contribution < 1.29 is 26.9 Å². The lowest BCUT2D eigenvalue weighted by atomic mass is 10.1. The van der Waals surface area contributed by atoms with Crippen molar-refractivity contribution in [2.24, 2.45) is 0 Å². The third kappa shape index (κ3) is 4.95. The first-order chi connectivity index (χ1) is 14.7. The second-order valence-electron chi connectivity index (χ2n) is 7.29. The second-order valence-corrected chi connectivity index (χ2v) is 10.9. The molecule has 156 valence electrons. The molecule has 0 heterocycles. The number of hydrogen-bond donors (Lipinski definition) is 1. The maximum atomic E-state index is 11.2. The zero-order chi connectivity index (χ0) is 20.8. The Hall–Kier alpha value is -2.74. The Balaban J connectivity index is 0.00000272. The van der Waals surface area contributed by atoms with E-state index < -0.39 is 13.2 Å². The molecule has 0 fully saturated rings. The molecule has 0 spiro atoms. The molecule has 0 aliphatic carbocycles. The molecule has 0 radical (unpaired) electrons. The van der Waals surface area contributed by atoms with E-state index in [2.05, 4.69) is 91.0 Å². The van der Waals surface area contributed by atoms with Crippen molar-refractivity contribution >= 4 is 29.1 Å². The summed E-state index contributed by atoms with van der Waals surface area (Å²) in [7, 11) is -1.87. The van der Waals surface area contributed by atoms with E-state index in [0.717, 1.165) is 18.1 Å². The van der Waals surface area contributed by atoms with Crippen molar-refractivity contribution in [1.82, 2.24) is 0 Å². The number of carboxylic acid groups (broad SMARTS) is 1. The summed E-state index contributed by atoms with van der Waals surface area (Å²) in [5, 5.41) is 13.3. The molecule has 1 N–H and O–H groups in total. The average Bonchev–Trinajstić information content (AvgIpc) is 2.82. The normalized spacial score (nSPS) is 10.8. The van der Waals surface area contributed by atoms with E-state index in [0.29, 0.717) is 5.56 Å². The second kappa shape index (κ2) is 10.5. The molecule has 0 unspecified atom stereocenters. The zero-order valence-corrected chi connectivity index (χ0v) is 19.5. The summed E-state index contributed by atoms with van der Waals surface area (Å²) in [5.74, 6) is -0.888. The third-order valence-electron chi connectivity index (χ3n) is 5.53. The molecule has 0 saturated carbocycles. The van der Waals surface area contributed by atoms with Crippen LogP contribution in [-0.2, 0) is 6.42 Å². The van der Waals surface area contributed by atoms with E-state index in [9.17, 15) is 9.90 Å². The van der Waals surface area contributed by atoms with Crippen LogP contribution in [-0.4, -0.2) is 17.2 Å². The van der Waals surface area contributed by atoms with Crippen molar-refractivity contribution in [3.05, 3.63) is 126 Å². The van der Waals surface area contributed by atoms with Crippen molar-refractivity contribution in [3.63, 3.8) is 0 Å². The van der Waals surface area contributed by atoms with Crippen LogP contribution in [0, 0.1) is 0 Å². The molecule has 4 aromatic rings. The third-order valence-corrected chi connectivity index (χ3v) is 9.96. The van der Waals surface area contributed by atoms with Gasteiger partial charge < -0.3 is 22.1 Å². The summed E-state index contributed by atoms with van der Waals surface area (Å²) >= 11 is 0. The molecule has 4 aromatic carbocycles. The Kier molecular flexibility index (Phi) is 7.79. The van der Waals surface area contributed by atoms with Crippen LogP contribution < -0.4 is 32.9 Å². The molecule has 0 aromatic heterocycles. The number of aromatic carboxylic acids is 1. The van der Waals surface area contributed by atoms with Gasteiger partial charge in [-0.3, -0.25) is 0 Å². The molecule has 0 bridgehead atoms. The van der Waals surface area contributed by atoms with E-state index in [4.69, 9.17) is 0 Å². The Morgan fingerprint density at radius 2 is 1.00 bits per heavy atom. The number of hydrogen-bond acceptors (Lipinski definition) is 1. The van der Waals surface area contributed by atoms with E-state index in [-0.39, 0.29) is 17.0 Å². The standard InChI is InChI=1S/C27H23O2P.BrH/c28-27(29)23-18-16-22(17-19-23)20-21-30(24-10-4-1-5-11-24,25-12-6-2-7-13-25)26-14-8-3-9-15-26;/h1-19H,20-21H2;1H. The first-order valence-corrected chi connectivity index (χ1v) is 12.0. The minimum absolute atomic E-state index is 0. The Labute approximate surface area is 194 Å². The lowest BCUT2D eigenvalue weighted by Gasteiger charge is -2.27. The number of carboxylic acids is 1. The summed E-state index contributed by atoms with van der Waals surface area (Å²) in [6, 6.07) is 39.7. The Morgan fingerprint density at radius 3 is 1.35 bits per heavy atom. The van der Waals surface area contributed by atoms with Crippen LogP contribution in [0.4, 0.5) is 0 Å². The fraction of sp³-hybridized carbons (Fsp3) is 0.0741. The highest BCUT2D eigenvalue weighted by atomic mass is 79.9. The Bertz CT molecular complexity index is 1000. The van der Waals surface area contributed by atoms with Gasteiger partial charge in [-0.2, -0.15) is 0 Å². The summed E-state index contributed by atoms with van der Waals surface area (Å²) < 4.78 is 0. The van der Waals surface area contributed by atoms with Crippen LogP contribution in [0.25, 0.3) is 0 Å². The van der Waals surface area contributed by atoms with Gasteiger partial charge in [0, 0.05) is 6.42 Å². The number of aryl methyl sites for hydroxylation is 1. The van der Waals surface area contributed by atoms with Crippen molar-refractivity contribution in [2.45, 2.75) is 6.42 Å². The lowest BCUT2D eigenvalue weighted by Crippen LogP contribution is -3.00. The highest BCUT2D eigenvalue weighted by Crippen LogP contribution is 2.55. The number of carbonyl (C=O) groups is 1. The Morgan fingerprint density at radius 1 is 0.613 bits per heavy atom. The molecule has 4 rings (SSSR count). The fourth-order valence-corrected chi connectivity index (χ4v) is 8.30. The van der Waals surface area contributed by atoms with Crippen LogP contribution in [0.15, 0.2) is 115 Å². The minimum atomic E-state index is -1.87. The fourth-order valence-electron chi connectivity index (χ4n) is 3.99. The lowest BCUT2D eigenvalue weighted by molar-refractivity contribution is -0.0000213. The van der Waals surface area contributed by atoms with Crippen molar-refractivity contribution in [1.29, 1.82) is 0 Å². The van der Waals surface area contributed by atoms with Gasteiger partial charge in [0.2, 0.25) is 0 Å².